The fourth-order valence-electron chi connectivity index (χ4n) is 1.90. The van der Waals surface area contributed by atoms with Crippen molar-refractivity contribution in [1.29, 1.82) is 0 Å². The number of hydrogen-bond donors (Lipinski definition) is 0. The smallest absolute Gasteiger partial charge is 0.260 e. The van der Waals surface area contributed by atoms with Gasteiger partial charge in [-0.25, -0.2) is 0 Å². The van der Waals surface area contributed by atoms with Crippen LogP contribution in [-0.4, -0.2) is 44.2 Å². The molecule has 20 heavy (non-hydrogen) atoms. The van der Waals surface area contributed by atoms with Crippen LogP contribution in [0.1, 0.15) is 19.4 Å². The zero-order chi connectivity index (χ0) is 15.0. The molecule has 1 aromatic rings. The first kappa shape index (κ1) is 16.5. The molecule has 0 bridgehead atoms. The molecule has 0 atom stereocenters. The number of hydrogen-bond acceptors (Lipinski definition) is 3. The van der Waals surface area contributed by atoms with Gasteiger partial charge in [0.2, 0.25) is 0 Å². The third-order valence-corrected chi connectivity index (χ3v) is 2.86. The summed E-state index contributed by atoms with van der Waals surface area (Å²) >= 11 is 0. The van der Waals surface area contributed by atoms with Crippen LogP contribution in [-0.2, 0) is 9.53 Å². The molecule has 1 aromatic carbocycles. The Kier molecular flexibility index (Phi) is 7.09. The van der Waals surface area contributed by atoms with E-state index in [0.29, 0.717) is 19.1 Å². The van der Waals surface area contributed by atoms with Gasteiger partial charge in [0.25, 0.3) is 5.91 Å². The van der Waals surface area contributed by atoms with Crippen LogP contribution in [0.5, 0.6) is 5.75 Å². The minimum absolute atomic E-state index is 0.00254. The first-order chi connectivity index (χ1) is 9.52. The molecule has 1 rings (SSSR count). The van der Waals surface area contributed by atoms with E-state index in [1.54, 1.807) is 12.0 Å². The Morgan fingerprint density at radius 1 is 1.35 bits per heavy atom. The second-order valence-corrected chi connectivity index (χ2v) is 5.33. The van der Waals surface area contributed by atoms with Gasteiger partial charge in [0.05, 0.1) is 6.61 Å². The average molecular weight is 279 g/mol. The summed E-state index contributed by atoms with van der Waals surface area (Å²) in [4.78, 5) is 14.0. The predicted molar refractivity (Wildman–Crippen MR) is 80.0 cm³/mol. The summed E-state index contributed by atoms with van der Waals surface area (Å²) in [6, 6.07) is 7.71. The van der Waals surface area contributed by atoms with E-state index in [4.69, 9.17) is 9.47 Å². The van der Waals surface area contributed by atoms with Gasteiger partial charge in [-0.1, -0.05) is 26.0 Å². The highest BCUT2D eigenvalue weighted by Crippen LogP contribution is 2.12. The maximum Gasteiger partial charge on any atom is 0.260 e. The van der Waals surface area contributed by atoms with E-state index >= 15 is 0 Å². The Labute approximate surface area is 121 Å². The molecule has 0 fully saturated rings. The lowest BCUT2D eigenvalue weighted by Gasteiger charge is -2.24. The third kappa shape index (κ3) is 6.06. The van der Waals surface area contributed by atoms with Crippen molar-refractivity contribution in [2.75, 3.05) is 33.4 Å². The number of carbonyl (C=O) groups is 1. The largest absolute Gasteiger partial charge is 0.484 e. The monoisotopic (exact) mass is 279 g/mol. The average Bonchev–Trinajstić information content (AvgIpc) is 2.40. The number of ether oxygens (including phenoxy) is 2. The molecule has 112 valence electrons. The first-order valence-electron chi connectivity index (χ1n) is 6.99. The van der Waals surface area contributed by atoms with Crippen LogP contribution in [0.2, 0.25) is 0 Å². The summed E-state index contributed by atoms with van der Waals surface area (Å²) < 4.78 is 10.6. The Balaban J connectivity index is 2.52. The second-order valence-electron chi connectivity index (χ2n) is 5.33. The van der Waals surface area contributed by atoms with Crippen LogP contribution in [0.4, 0.5) is 0 Å². The molecular formula is C16H25NO3. The lowest BCUT2D eigenvalue weighted by molar-refractivity contribution is -0.134. The summed E-state index contributed by atoms with van der Waals surface area (Å²) in [6.45, 7) is 8.12. The molecule has 0 unspecified atom stereocenters. The maximum absolute atomic E-state index is 12.2. The van der Waals surface area contributed by atoms with Crippen molar-refractivity contribution in [3.8, 4) is 5.75 Å². The SMILES string of the molecule is COCCN(CC(C)C)C(=O)COc1cccc(C)c1. The van der Waals surface area contributed by atoms with Gasteiger partial charge in [0, 0.05) is 20.2 Å². The number of methoxy groups -OCH3 is 1. The van der Waals surface area contributed by atoms with Crippen molar-refractivity contribution in [3.63, 3.8) is 0 Å². The van der Waals surface area contributed by atoms with Crippen molar-refractivity contribution in [3.05, 3.63) is 29.8 Å². The van der Waals surface area contributed by atoms with E-state index in [1.807, 2.05) is 31.2 Å². The van der Waals surface area contributed by atoms with Gasteiger partial charge in [-0.15, -0.1) is 0 Å². The molecule has 0 N–H and O–H groups in total. The van der Waals surface area contributed by atoms with Gasteiger partial charge < -0.3 is 14.4 Å². The number of benzene rings is 1. The van der Waals surface area contributed by atoms with Crippen LogP contribution in [0.25, 0.3) is 0 Å². The van der Waals surface area contributed by atoms with Crippen molar-refractivity contribution in [2.24, 2.45) is 5.92 Å². The van der Waals surface area contributed by atoms with Crippen molar-refractivity contribution < 1.29 is 14.3 Å². The number of aryl methyl sites for hydroxylation is 1. The second kappa shape index (κ2) is 8.59. The quantitative estimate of drug-likeness (QED) is 0.734. The number of carbonyl (C=O) groups excluding carboxylic acids is 1. The lowest BCUT2D eigenvalue weighted by Crippen LogP contribution is -2.39. The van der Waals surface area contributed by atoms with Gasteiger partial charge in [0.15, 0.2) is 6.61 Å². The molecule has 0 heterocycles. The standard InChI is InChI=1S/C16H25NO3/c1-13(2)11-17(8-9-19-4)16(18)12-20-15-7-5-6-14(3)10-15/h5-7,10,13H,8-9,11-12H2,1-4H3. The molecule has 0 aromatic heterocycles. The van der Waals surface area contributed by atoms with Crippen LogP contribution in [0, 0.1) is 12.8 Å². The van der Waals surface area contributed by atoms with Crippen molar-refractivity contribution in [2.45, 2.75) is 20.8 Å². The number of rotatable bonds is 8. The van der Waals surface area contributed by atoms with E-state index in [9.17, 15) is 4.79 Å². The summed E-state index contributed by atoms with van der Waals surface area (Å²) in [5, 5.41) is 0. The molecule has 0 saturated heterocycles. The number of amides is 1. The van der Waals surface area contributed by atoms with Crippen LogP contribution < -0.4 is 4.74 Å². The van der Waals surface area contributed by atoms with Crippen molar-refractivity contribution >= 4 is 5.91 Å². The molecule has 1 amide bonds. The number of nitrogens with zero attached hydrogens (tertiary/aromatic N) is 1. The third-order valence-electron chi connectivity index (χ3n) is 2.86. The van der Waals surface area contributed by atoms with Gasteiger partial charge in [-0.2, -0.15) is 0 Å². The fraction of sp³-hybridized carbons (Fsp3) is 0.562. The van der Waals surface area contributed by atoms with Crippen LogP contribution >= 0.6 is 0 Å². The molecule has 0 saturated carbocycles. The molecule has 0 aliphatic carbocycles. The summed E-state index contributed by atoms with van der Waals surface area (Å²) in [5.41, 5.74) is 1.12. The van der Waals surface area contributed by atoms with E-state index in [0.717, 1.165) is 17.9 Å². The van der Waals surface area contributed by atoms with Gasteiger partial charge in [0.1, 0.15) is 5.75 Å². The summed E-state index contributed by atoms with van der Waals surface area (Å²) in [6.07, 6.45) is 0. The lowest BCUT2D eigenvalue weighted by atomic mass is 10.2. The van der Waals surface area contributed by atoms with Gasteiger partial charge >= 0.3 is 0 Å². The van der Waals surface area contributed by atoms with E-state index in [-0.39, 0.29) is 12.5 Å². The zero-order valence-electron chi connectivity index (χ0n) is 12.9. The Hall–Kier alpha value is -1.55. The Bertz CT molecular complexity index is 418. The molecule has 4 heteroatoms. The molecule has 0 aliphatic heterocycles. The van der Waals surface area contributed by atoms with Gasteiger partial charge in [-0.05, 0) is 30.5 Å². The highest BCUT2D eigenvalue weighted by Gasteiger charge is 2.15. The molecule has 0 radical (unpaired) electrons. The van der Waals surface area contributed by atoms with Crippen LogP contribution in [0.15, 0.2) is 24.3 Å². The minimum Gasteiger partial charge on any atom is -0.484 e. The molecule has 0 aliphatic rings. The molecule has 4 nitrogen and oxygen atoms in total. The minimum atomic E-state index is -0.00254. The molecular weight excluding hydrogens is 254 g/mol. The fourth-order valence-corrected chi connectivity index (χ4v) is 1.90. The zero-order valence-corrected chi connectivity index (χ0v) is 12.9. The van der Waals surface area contributed by atoms with E-state index < -0.39 is 0 Å². The van der Waals surface area contributed by atoms with E-state index in [2.05, 4.69) is 13.8 Å². The van der Waals surface area contributed by atoms with Gasteiger partial charge in [-0.3, -0.25) is 4.79 Å². The first-order valence-corrected chi connectivity index (χ1v) is 6.99. The van der Waals surface area contributed by atoms with Crippen LogP contribution in [0.3, 0.4) is 0 Å². The topological polar surface area (TPSA) is 38.8 Å². The maximum atomic E-state index is 12.2. The highest BCUT2D eigenvalue weighted by atomic mass is 16.5. The Morgan fingerprint density at radius 3 is 2.70 bits per heavy atom. The highest BCUT2D eigenvalue weighted by molar-refractivity contribution is 5.77. The van der Waals surface area contributed by atoms with Crippen molar-refractivity contribution in [1.82, 2.24) is 4.90 Å². The Morgan fingerprint density at radius 2 is 2.10 bits per heavy atom. The summed E-state index contributed by atoms with van der Waals surface area (Å²) in [7, 11) is 1.64. The predicted octanol–water partition coefficient (Wildman–Crippen LogP) is 2.50. The normalized spacial score (nSPS) is 10.7. The van der Waals surface area contributed by atoms with E-state index in [1.165, 1.54) is 0 Å². The molecule has 0 spiro atoms. The summed E-state index contributed by atoms with van der Waals surface area (Å²) in [5.74, 6) is 1.15.